The maximum absolute atomic E-state index is 12.8. The van der Waals surface area contributed by atoms with Crippen LogP contribution in [0, 0.1) is 4.77 Å². The lowest BCUT2D eigenvalue weighted by atomic mass is 10.1. The number of carbonyl (C=O) groups excluding carboxylic acids is 1. The van der Waals surface area contributed by atoms with Crippen molar-refractivity contribution < 1.29 is 4.79 Å². The Hall–Kier alpha value is -2.44. The number of carbonyl (C=O) groups is 1. The van der Waals surface area contributed by atoms with Crippen LogP contribution in [-0.4, -0.2) is 27.4 Å². The molecule has 1 N–H and O–H groups in total. The third-order valence-corrected chi connectivity index (χ3v) is 4.95. The number of aromatic nitrogens is 2. The number of benzene rings is 2. The van der Waals surface area contributed by atoms with E-state index in [0.29, 0.717) is 39.3 Å². The van der Waals surface area contributed by atoms with Gasteiger partial charge in [-0.05, 0) is 49.0 Å². The zero-order valence-corrected chi connectivity index (χ0v) is 16.0. The van der Waals surface area contributed by atoms with E-state index >= 15 is 0 Å². The fourth-order valence-corrected chi connectivity index (χ4v) is 3.37. The minimum Gasteiger partial charge on any atom is -0.337 e. The fraction of sp³-hybridized carbons (Fsp3) is 0.211. The van der Waals surface area contributed by atoms with Crippen molar-refractivity contribution in [2.75, 3.05) is 7.05 Å². The molecule has 0 saturated heterocycles. The predicted octanol–water partition coefficient (Wildman–Crippen LogP) is 4.00. The van der Waals surface area contributed by atoms with Crippen molar-refractivity contribution in [1.29, 1.82) is 0 Å². The average Bonchev–Trinajstić information content (AvgIpc) is 2.62. The lowest BCUT2D eigenvalue weighted by Crippen LogP contribution is -2.26. The third kappa shape index (κ3) is 3.43. The number of amides is 1. The van der Waals surface area contributed by atoms with Gasteiger partial charge in [0, 0.05) is 30.7 Å². The second kappa shape index (κ2) is 7.43. The Labute approximate surface area is 160 Å². The third-order valence-electron chi connectivity index (χ3n) is 4.26. The van der Waals surface area contributed by atoms with Crippen LogP contribution in [-0.2, 0) is 13.1 Å². The molecule has 0 radical (unpaired) electrons. The first-order valence-electron chi connectivity index (χ1n) is 8.18. The Balaban J connectivity index is 1.95. The van der Waals surface area contributed by atoms with Gasteiger partial charge in [0.05, 0.1) is 10.9 Å². The van der Waals surface area contributed by atoms with Crippen LogP contribution in [0.25, 0.3) is 10.9 Å². The Morgan fingerprint density at radius 1 is 1.27 bits per heavy atom. The van der Waals surface area contributed by atoms with Crippen LogP contribution in [0.2, 0.25) is 5.02 Å². The van der Waals surface area contributed by atoms with Gasteiger partial charge in [0.25, 0.3) is 11.5 Å². The molecule has 0 unspecified atom stereocenters. The number of halogens is 1. The van der Waals surface area contributed by atoms with E-state index in [0.717, 1.165) is 5.56 Å². The Bertz CT molecular complexity index is 1100. The number of aromatic amines is 1. The van der Waals surface area contributed by atoms with Crippen LogP contribution < -0.4 is 5.56 Å². The van der Waals surface area contributed by atoms with Crippen LogP contribution in [0.3, 0.4) is 0 Å². The summed E-state index contributed by atoms with van der Waals surface area (Å²) in [4.78, 5) is 29.8. The Kier molecular flexibility index (Phi) is 5.25. The zero-order valence-electron chi connectivity index (χ0n) is 14.5. The summed E-state index contributed by atoms with van der Waals surface area (Å²) in [6.45, 7) is 2.74. The molecule has 0 fully saturated rings. The molecule has 0 spiro atoms. The van der Waals surface area contributed by atoms with Gasteiger partial charge in [-0.15, -0.1) is 0 Å². The van der Waals surface area contributed by atoms with Gasteiger partial charge in [-0.2, -0.15) is 0 Å². The van der Waals surface area contributed by atoms with Gasteiger partial charge in [0.15, 0.2) is 4.77 Å². The number of nitrogens with one attached hydrogen (secondary N) is 1. The first-order chi connectivity index (χ1) is 12.4. The largest absolute Gasteiger partial charge is 0.337 e. The summed E-state index contributed by atoms with van der Waals surface area (Å²) in [7, 11) is 1.72. The Morgan fingerprint density at radius 2 is 2.00 bits per heavy atom. The van der Waals surface area contributed by atoms with Crippen LogP contribution in [0.1, 0.15) is 22.8 Å². The monoisotopic (exact) mass is 387 g/mol. The summed E-state index contributed by atoms with van der Waals surface area (Å²) in [5, 5.41) is 1.13. The van der Waals surface area contributed by atoms with Gasteiger partial charge in [0.2, 0.25) is 0 Å². The molecule has 134 valence electrons. The number of hydrogen-bond donors (Lipinski definition) is 1. The number of fused-ring (bicyclic) bond motifs is 1. The molecule has 1 aromatic heterocycles. The topological polar surface area (TPSA) is 58.1 Å². The van der Waals surface area contributed by atoms with Gasteiger partial charge in [-0.3, -0.25) is 14.2 Å². The van der Waals surface area contributed by atoms with Crippen LogP contribution in [0.15, 0.2) is 47.3 Å². The van der Waals surface area contributed by atoms with Crippen molar-refractivity contribution in [3.05, 3.63) is 73.7 Å². The summed E-state index contributed by atoms with van der Waals surface area (Å²) >= 11 is 11.4. The molecule has 7 heteroatoms. The summed E-state index contributed by atoms with van der Waals surface area (Å²) in [5.41, 5.74) is 1.75. The molecule has 0 saturated carbocycles. The van der Waals surface area contributed by atoms with E-state index in [1.165, 1.54) is 4.57 Å². The lowest BCUT2D eigenvalue weighted by molar-refractivity contribution is 0.0785. The van der Waals surface area contributed by atoms with Gasteiger partial charge in [-0.25, -0.2) is 0 Å². The fourth-order valence-electron chi connectivity index (χ4n) is 2.85. The van der Waals surface area contributed by atoms with Crippen molar-refractivity contribution in [2.45, 2.75) is 20.0 Å². The molecule has 0 bridgehead atoms. The molecule has 0 aliphatic carbocycles. The molecule has 26 heavy (non-hydrogen) atoms. The highest BCUT2D eigenvalue weighted by Gasteiger charge is 2.15. The van der Waals surface area contributed by atoms with Crippen molar-refractivity contribution in [3.63, 3.8) is 0 Å². The summed E-state index contributed by atoms with van der Waals surface area (Å²) in [5.74, 6) is -0.161. The second-order valence-electron chi connectivity index (χ2n) is 5.99. The SMILES string of the molecule is CCn1c(=S)[nH]c2cc(C(=O)N(C)Cc3ccccc3Cl)ccc2c1=O. The van der Waals surface area contributed by atoms with Crippen LogP contribution in [0.5, 0.6) is 0 Å². The normalized spacial score (nSPS) is 10.9. The van der Waals surface area contributed by atoms with Gasteiger partial charge >= 0.3 is 0 Å². The summed E-state index contributed by atoms with van der Waals surface area (Å²) in [6, 6.07) is 12.4. The predicted molar refractivity (Wildman–Crippen MR) is 106 cm³/mol. The maximum Gasteiger partial charge on any atom is 0.262 e. The van der Waals surface area contributed by atoms with Crippen molar-refractivity contribution in [1.82, 2.24) is 14.5 Å². The number of rotatable bonds is 4. The molecule has 0 aliphatic heterocycles. The average molecular weight is 388 g/mol. The van der Waals surface area contributed by atoms with Crippen molar-refractivity contribution in [3.8, 4) is 0 Å². The Morgan fingerprint density at radius 3 is 2.69 bits per heavy atom. The quantitative estimate of drug-likeness (QED) is 0.688. The molecule has 0 atom stereocenters. The molecule has 2 aromatic carbocycles. The molecule has 1 amide bonds. The standard InChI is InChI=1S/C19H18ClN3O2S/c1-3-23-18(25)14-9-8-12(10-16(14)21-19(23)26)17(24)22(2)11-13-6-4-5-7-15(13)20/h4-10H,3,11H2,1-2H3,(H,21,26). The van der Waals surface area contributed by atoms with E-state index in [9.17, 15) is 9.59 Å². The van der Waals surface area contributed by atoms with E-state index in [1.54, 1.807) is 36.2 Å². The number of hydrogen-bond acceptors (Lipinski definition) is 3. The number of H-pyrrole nitrogens is 1. The molecule has 5 nitrogen and oxygen atoms in total. The van der Waals surface area contributed by atoms with E-state index in [4.69, 9.17) is 23.8 Å². The molecule has 1 heterocycles. The number of nitrogens with zero attached hydrogens (tertiary/aromatic N) is 2. The lowest BCUT2D eigenvalue weighted by Gasteiger charge is -2.18. The highest BCUT2D eigenvalue weighted by atomic mass is 35.5. The van der Waals surface area contributed by atoms with E-state index < -0.39 is 0 Å². The first kappa shape index (κ1) is 18.4. The van der Waals surface area contributed by atoms with Gasteiger partial charge < -0.3 is 9.88 Å². The van der Waals surface area contributed by atoms with E-state index in [1.807, 2.05) is 25.1 Å². The molecular weight excluding hydrogens is 370 g/mol. The maximum atomic E-state index is 12.8. The second-order valence-corrected chi connectivity index (χ2v) is 6.79. The van der Waals surface area contributed by atoms with E-state index in [-0.39, 0.29) is 11.5 Å². The summed E-state index contributed by atoms with van der Waals surface area (Å²) < 4.78 is 1.84. The van der Waals surface area contributed by atoms with Crippen LogP contribution in [0.4, 0.5) is 0 Å². The zero-order chi connectivity index (χ0) is 18.8. The van der Waals surface area contributed by atoms with Gasteiger partial charge in [0.1, 0.15) is 0 Å². The molecule has 3 rings (SSSR count). The highest BCUT2D eigenvalue weighted by Crippen LogP contribution is 2.18. The minimum absolute atomic E-state index is 0.158. The minimum atomic E-state index is -0.161. The smallest absolute Gasteiger partial charge is 0.262 e. The van der Waals surface area contributed by atoms with Crippen molar-refractivity contribution >= 4 is 40.6 Å². The first-order valence-corrected chi connectivity index (χ1v) is 8.96. The molecule has 3 aromatic rings. The van der Waals surface area contributed by atoms with E-state index in [2.05, 4.69) is 4.98 Å². The van der Waals surface area contributed by atoms with Crippen molar-refractivity contribution in [2.24, 2.45) is 0 Å². The molecule has 0 aliphatic rings. The highest BCUT2D eigenvalue weighted by molar-refractivity contribution is 7.71. The molecular formula is C19H18ClN3O2S. The summed E-state index contributed by atoms with van der Waals surface area (Å²) in [6.07, 6.45) is 0. The van der Waals surface area contributed by atoms with Crippen LogP contribution >= 0.6 is 23.8 Å². The van der Waals surface area contributed by atoms with Gasteiger partial charge in [-0.1, -0.05) is 29.8 Å².